The Labute approximate surface area is 127 Å². The number of nitrogens with zero attached hydrogens (tertiary/aromatic N) is 1. The number of nitrogens with one attached hydrogen (secondary N) is 1. The summed E-state index contributed by atoms with van der Waals surface area (Å²) in [7, 11) is 0. The Morgan fingerprint density at radius 3 is 2.52 bits per heavy atom. The van der Waals surface area contributed by atoms with Gasteiger partial charge < -0.3 is 0 Å². The van der Waals surface area contributed by atoms with E-state index in [1.807, 2.05) is 30.3 Å². The molecule has 0 aliphatic heterocycles. The molecule has 1 aromatic heterocycles. The maximum Gasteiger partial charge on any atom is 0.329 e. The van der Waals surface area contributed by atoms with Crippen molar-refractivity contribution in [2.24, 2.45) is 5.92 Å². The van der Waals surface area contributed by atoms with Gasteiger partial charge in [0.25, 0.3) is 5.56 Å². The largest absolute Gasteiger partial charge is 0.329 e. The normalized spacial score (nSPS) is 21.6. The van der Waals surface area contributed by atoms with Crippen molar-refractivity contribution in [2.75, 3.05) is 0 Å². The second-order valence-electron chi connectivity index (χ2n) is 5.64. The van der Waals surface area contributed by atoms with E-state index in [1.54, 1.807) is 0 Å². The Kier molecular flexibility index (Phi) is 3.72. The van der Waals surface area contributed by atoms with Gasteiger partial charge in [-0.15, -0.1) is 0 Å². The van der Waals surface area contributed by atoms with Crippen LogP contribution in [0, 0.1) is 5.92 Å². The van der Waals surface area contributed by atoms with Crippen LogP contribution in [0.4, 0.5) is 0 Å². The highest BCUT2D eigenvalue weighted by Gasteiger charge is 2.29. The van der Waals surface area contributed by atoms with Crippen LogP contribution >= 0.6 is 11.6 Å². The van der Waals surface area contributed by atoms with Gasteiger partial charge in [0, 0.05) is 6.04 Å². The summed E-state index contributed by atoms with van der Waals surface area (Å²) in [6.45, 7) is 2.08. The van der Waals surface area contributed by atoms with Gasteiger partial charge in [0.1, 0.15) is 5.15 Å². The molecule has 21 heavy (non-hydrogen) atoms. The maximum atomic E-state index is 12.8. The number of H-pyrrole nitrogens is 1. The Morgan fingerprint density at radius 1 is 1.19 bits per heavy atom. The molecule has 1 saturated carbocycles. The van der Waals surface area contributed by atoms with Crippen LogP contribution in [0.5, 0.6) is 0 Å². The molecule has 1 N–H and O–H groups in total. The van der Waals surface area contributed by atoms with Crippen LogP contribution in [-0.4, -0.2) is 9.55 Å². The van der Waals surface area contributed by atoms with E-state index in [9.17, 15) is 9.59 Å². The van der Waals surface area contributed by atoms with Crippen molar-refractivity contribution in [3.63, 3.8) is 0 Å². The molecular weight excluding hydrogens is 288 g/mol. The minimum Gasteiger partial charge on any atom is -0.297 e. The van der Waals surface area contributed by atoms with Crippen LogP contribution in [0.1, 0.15) is 32.2 Å². The third-order valence-corrected chi connectivity index (χ3v) is 4.58. The molecule has 0 amide bonds. The van der Waals surface area contributed by atoms with Crippen LogP contribution in [0.2, 0.25) is 5.15 Å². The van der Waals surface area contributed by atoms with Crippen molar-refractivity contribution in [2.45, 2.75) is 32.2 Å². The van der Waals surface area contributed by atoms with E-state index in [-0.39, 0.29) is 16.8 Å². The Balaban J connectivity index is 2.24. The number of hydrogen-bond acceptors (Lipinski definition) is 2. The summed E-state index contributed by atoms with van der Waals surface area (Å²) in [6.07, 6.45) is 2.95. The average molecular weight is 305 g/mol. The first-order chi connectivity index (χ1) is 10.1. The Hall–Kier alpha value is -1.81. The number of halogens is 1. The van der Waals surface area contributed by atoms with Crippen LogP contribution in [0.3, 0.4) is 0 Å². The first-order valence-electron chi connectivity index (χ1n) is 7.19. The van der Waals surface area contributed by atoms with Gasteiger partial charge in [-0.1, -0.05) is 55.3 Å². The molecule has 3 rings (SSSR count). The van der Waals surface area contributed by atoms with Crippen LogP contribution in [0.25, 0.3) is 11.1 Å². The standard InChI is InChI=1S/C16H17ClN2O2/c1-10-6-5-9-12(10)19-15(20)13(14(17)18-16(19)21)11-7-3-2-4-8-11/h2-4,7-8,10,12H,5-6,9H2,1H3,(H,18,21). The molecule has 2 unspecified atom stereocenters. The zero-order chi connectivity index (χ0) is 15.0. The summed E-state index contributed by atoms with van der Waals surface area (Å²) in [6, 6.07) is 9.17. The fourth-order valence-electron chi connectivity index (χ4n) is 3.19. The van der Waals surface area contributed by atoms with Crippen molar-refractivity contribution < 1.29 is 0 Å². The number of rotatable bonds is 2. The highest BCUT2D eigenvalue weighted by atomic mass is 35.5. The third kappa shape index (κ3) is 2.44. The van der Waals surface area contributed by atoms with Gasteiger partial charge in [-0.25, -0.2) is 4.79 Å². The van der Waals surface area contributed by atoms with Crippen LogP contribution in [0.15, 0.2) is 39.9 Å². The number of benzene rings is 1. The van der Waals surface area contributed by atoms with Crippen molar-refractivity contribution in [3.8, 4) is 11.1 Å². The second-order valence-corrected chi connectivity index (χ2v) is 6.01. The lowest BCUT2D eigenvalue weighted by molar-refractivity contribution is 0.384. The smallest absolute Gasteiger partial charge is 0.297 e. The van der Waals surface area contributed by atoms with Crippen molar-refractivity contribution >= 4 is 11.6 Å². The molecule has 2 atom stereocenters. The third-order valence-electron chi connectivity index (χ3n) is 4.30. The number of aromatic nitrogens is 2. The average Bonchev–Trinajstić information content (AvgIpc) is 2.86. The van der Waals surface area contributed by atoms with Gasteiger partial charge in [-0.3, -0.25) is 14.3 Å². The molecule has 110 valence electrons. The predicted molar refractivity (Wildman–Crippen MR) is 83.8 cm³/mol. The van der Waals surface area contributed by atoms with E-state index in [0.29, 0.717) is 11.5 Å². The molecule has 1 aliphatic carbocycles. The summed E-state index contributed by atoms with van der Waals surface area (Å²) >= 11 is 6.12. The molecule has 5 heteroatoms. The fraction of sp³-hybridized carbons (Fsp3) is 0.375. The molecule has 0 bridgehead atoms. The van der Waals surface area contributed by atoms with E-state index in [2.05, 4.69) is 11.9 Å². The van der Waals surface area contributed by atoms with Crippen molar-refractivity contribution in [1.82, 2.24) is 9.55 Å². The van der Waals surface area contributed by atoms with Gasteiger partial charge in [-0.2, -0.15) is 0 Å². The topological polar surface area (TPSA) is 54.9 Å². The van der Waals surface area contributed by atoms with E-state index in [4.69, 9.17) is 11.6 Å². The predicted octanol–water partition coefficient (Wildman–Crippen LogP) is 3.22. The number of aromatic amines is 1. The summed E-state index contributed by atoms with van der Waals surface area (Å²) < 4.78 is 1.35. The van der Waals surface area contributed by atoms with Gasteiger partial charge in [0.2, 0.25) is 0 Å². The lowest BCUT2D eigenvalue weighted by Gasteiger charge is -2.18. The summed E-state index contributed by atoms with van der Waals surface area (Å²) in [5.41, 5.74) is 0.385. The molecular formula is C16H17ClN2O2. The van der Waals surface area contributed by atoms with Crippen LogP contribution in [-0.2, 0) is 0 Å². The highest BCUT2D eigenvalue weighted by molar-refractivity contribution is 6.32. The molecule has 1 heterocycles. The zero-order valence-electron chi connectivity index (χ0n) is 11.8. The van der Waals surface area contributed by atoms with E-state index in [0.717, 1.165) is 24.8 Å². The lowest BCUT2D eigenvalue weighted by Crippen LogP contribution is -2.39. The fourth-order valence-corrected chi connectivity index (χ4v) is 3.46. The van der Waals surface area contributed by atoms with Crippen molar-refractivity contribution in [1.29, 1.82) is 0 Å². The van der Waals surface area contributed by atoms with Gasteiger partial charge >= 0.3 is 5.69 Å². The van der Waals surface area contributed by atoms with E-state index in [1.165, 1.54) is 4.57 Å². The molecule has 0 spiro atoms. The molecule has 2 aromatic rings. The molecule has 1 fully saturated rings. The van der Waals surface area contributed by atoms with E-state index < -0.39 is 5.69 Å². The second kappa shape index (κ2) is 5.53. The molecule has 0 radical (unpaired) electrons. The van der Waals surface area contributed by atoms with Crippen molar-refractivity contribution in [3.05, 3.63) is 56.3 Å². The zero-order valence-corrected chi connectivity index (χ0v) is 12.6. The quantitative estimate of drug-likeness (QED) is 0.866. The summed E-state index contributed by atoms with van der Waals surface area (Å²) in [5.74, 6) is 0.327. The minimum absolute atomic E-state index is 0.0408. The van der Waals surface area contributed by atoms with Gasteiger partial charge in [0.05, 0.1) is 5.56 Å². The first-order valence-corrected chi connectivity index (χ1v) is 7.57. The Bertz CT molecular complexity index is 764. The SMILES string of the molecule is CC1CCCC1n1c(=O)[nH]c(Cl)c(-c2ccccc2)c1=O. The Morgan fingerprint density at radius 2 is 1.90 bits per heavy atom. The maximum absolute atomic E-state index is 12.8. The lowest BCUT2D eigenvalue weighted by atomic mass is 10.1. The van der Waals surface area contributed by atoms with Crippen LogP contribution < -0.4 is 11.2 Å². The highest BCUT2D eigenvalue weighted by Crippen LogP contribution is 2.34. The van der Waals surface area contributed by atoms with E-state index >= 15 is 0 Å². The first kappa shape index (κ1) is 14.1. The monoisotopic (exact) mass is 304 g/mol. The molecule has 4 nitrogen and oxygen atoms in total. The van der Waals surface area contributed by atoms with Gasteiger partial charge in [0.15, 0.2) is 0 Å². The molecule has 1 aromatic carbocycles. The number of hydrogen-bond donors (Lipinski definition) is 1. The summed E-state index contributed by atoms with van der Waals surface area (Å²) in [5, 5.41) is 0.109. The molecule has 0 saturated heterocycles. The van der Waals surface area contributed by atoms with Gasteiger partial charge in [-0.05, 0) is 24.3 Å². The summed E-state index contributed by atoms with van der Waals surface area (Å²) in [4.78, 5) is 27.6. The molecule has 1 aliphatic rings. The minimum atomic E-state index is -0.413.